The largest absolute Gasteiger partial charge is 0.326 e. The number of para-hydroxylation sites is 1. The first-order valence-corrected chi connectivity index (χ1v) is 9.24. The second-order valence-electron chi connectivity index (χ2n) is 6.09. The molecule has 26 heavy (non-hydrogen) atoms. The quantitative estimate of drug-likeness (QED) is 0.734. The van der Waals surface area contributed by atoms with Gasteiger partial charge in [0.2, 0.25) is 5.91 Å². The van der Waals surface area contributed by atoms with E-state index >= 15 is 0 Å². The van der Waals surface area contributed by atoms with Crippen LogP contribution in [0.2, 0.25) is 0 Å². The van der Waals surface area contributed by atoms with Crippen LogP contribution in [0.4, 0.5) is 10.8 Å². The van der Waals surface area contributed by atoms with Crippen LogP contribution in [0.15, 0.2) is 60.7 Å². The highest BCUT2D eigenvalue weighted by Gasteiger charge is 2.32. The number of thiazole rings is 1. The predicted molar refractivity (Wildman–Crippen MR) is 103 cm³/mol. The number of anilines is 2. The number of carbonyl (C=O) groups is 2. The number of nitrogens with zero attached hydrogens (tertiary/aromatic N) is 1. The van der Waals surface area contributed by atoms with Crippen molar-refractivity contribution in [2.24, 2.45) is 0 Å². The van der Waals surface area contributed by atoms with Crippen LogP contribution in [0.25, 0.3) is 0 Å². The van der Waals surface area contributed by atoms with Crippen LogP contribution < -0.4 is 10.6 Å². The fraction of sp³-hybridized carbons (Fsp3) is 0.150. The van der Waals surface area contributed by atoms with Crippen molar-refractivity contribution >= 4 is 34.0 Å². The minimum atomic E-state index is -0.274. The van der Waals surface area contributed by atoms with Crippen molar-refractivity contribution in [1.29, 1.82) is 0 Å². The molecule has 2 N–H and O–H groups in total. The molecule has 1 aromatic heterocycles. The molecule has 130 valence electrons. The third-order valence-corrected chi connectivity index (χ3v) is 5.38. The summed E-state index contributed by atoms with van der Waals surface area (Å²) in [5, 5.41) is 6.32. The number of aryl methyl sites for hydroxylation is 1. The fourth-order valence-corrected chi connectivity index (χ4v) is 4.08. The van der Waals surface area contributed by atoms with Crippen molar-refractivity contribution < 1.29 is 9.59 Å². The number of hydrogen-bond donors (Lipinski definition) is 2. The number of fused-ring (bicyclic) bond motifs is 1. The van der Waals surface area contributed by atoms with Crippen LogP contribution in [0, 0.1) is 0 Å². The number of hydrogen-bond acceptors (Lipinski definition) is 4. The maximum Gasteiger partial charge on any atom is 0.257 e. The number of benzene rings is 2. The molecule has 0 fully saturated rings. The molecule has 0 saturated heterocycles. The van der Waals surface area contributed by atoms with Gasteiger partial charge in [-0.1, -0.05) is 36.4 Å². The Bertz CT molecular complexity index is 938. The molecule has 6 heteroatoms. The maximum absolute atomic E-state index is 12.6. The van der Waals surface area contributed by atoms with Crippen LogP contribution in [0.1, 0.15) is 33.3 Å². The lowest BCUT2D eigenvalue weighted by Gasteiger charge is -2.10. The minimum Gasteiger partial charge on any atom is -0.326 e. The molecule has 4 rings (SSSR count). The molecule has 1 heterocycles. The van der Waals surface area contributed by atoms with Gasteiger partial charge in [-0.05, 0) is 37.1 Å². The summed E-state index contributed by atoms with van der Waals surface area (Å²) >= 11 is 1.45. The molecule has 0 spiro atoms. The summed E-state index contributed by atoms with van der Waals surface area (Å²) in [6, 6.07) is 18.4. The number of rotatable bonds is 4. The topological polar surface area (TPSA) is 71.1 Å². The Labute approximate surface area is 155 Å². The highest BCUT2D eigenvalue weighted by molar-refractivity contribution is 7.16. The Hall–Kier alpha value is -2.99. The molecular weight excluding hydrogens is 346 g/mol. The SMILES string of the molecule is O=C(Nc1nc2c(s1)CCC2C(=O)Nc1ccccc1)c1ccccc1. The molecule has 2 amide bonds. The van der Waals surface area contributed by atoms with Gasteiger partial charge in [0, 0.05) is 16.1 Å². The minimum absolute atomic E-state index is 0.0545. The van der Waals surface area contributed by atoms with Crippen molar-refractivity contribution in [1.82, 2.24) is 4.98 Å². The molecule has 1 aliphatic rings. The van der Waals surface area contributed by atoms with Crippen molar-refractivity contribution in [3.8, 4) is 0 Å². The van der Waals surface area contributed by atoms with E-state index in [0.29, 0.717) is 10.7 Å². The molecular formula is C20H17N3O2S. The van der Waals surface area contributed by atoms with Crippen LogP contribution in [0.5, 0.6) is 0 Å². The third kappa shape index (κ3) is 3.36. The van der Waals surface area contributed by atoms with Gasteiger partial charge in [0.15, 0.2) is 5.13 Å². The summed E-state index contributed by atoms with van der Waals surface area (Å²) in [7, 11) is 0. The standard InChI is InChI=1S/C20H17N3O2S/c24-18(13-7-3-1-4-8-13)23-20-22-17-15(11-12-16(17)26-20)19(25)21-14-9-5-2-6-10-14/h1-10,15H,11-12H2,(H,21,25)(H,22,23,24). The van der Waals surface area contributed by atoms with Gasteiger partial charge in [-0.3, -0.25) is 14.9 Å². The molecule has 3 aromatic rings. The molecule has 0 radical (unpaired) electrons. The molecule has 0 aliphatic heterocycles. The number of nitrogens with one attached hydrogen (secondary N) is 2. The van der Waals surface area contributed by atoms with Gasteiger partial charge in [-0.15, -0.1) is 11.3 Å². The van der Waals surface area contributed by atoms with Gasteiger partial charge in [-0.25, -0.2) is 4.98 Å². The first kappa shape index (κ1) is 16.5. The van der Waals surface area contributed by atoms with E-state index in [1.54, 1.807) is 12.1 Å². The molecule has 0 bridgehead atoms. The fourth-order valence-electron chi connectivity index (χ4n) is 3.05. The Kier molecular flexibility index (Phi) is 4.50. The molecule has 2 aromatic carbocycles. The number of amides is 2. The second kappa shape index (κ2) is 7.09. The van der Waals surface area contributed by atoms with Crippen molar-refractivity contribution in [3.63, 3.8) is 0 Å². The summed E-state index contributed by atoms with van der Waals surface area (Å²) in [5.41, 5.74) is 2.15. The average molecular weight is 363 g/mol. The zero-order valence-electron chi connectivity index (χ0n) is 13.9. The molecule has 1 aliphatic carbocycles. The van der Waals surface area contributed by atoms with Gasteiger partial charge < -0.3 is 5.32 Å². The van der Waals surface area contributed by atoms with Gasteiger partial charge in [-0.2, -0.15) is 0 Å². The average Bonchev–Trinajstić information content (AvgIpc) is 3.23. The lowest BCUT2D eigenvalue weighted by molar-refractivity contribution is -0.117. The van der Waals surface area contributed by atoms with Crippen molar-refractivity contribution in [3.05, 3.63) is 76.8 Å². The van der Waals surface area contributed by atoms with Crippen LogP contribution >= 0.6 is 11.3 Å². The molecule has 5 nitrogen and oxygen atoms in total. The normalized spacial score (nSPS) is 15.3. The van der Waals surface area contributed by atoms with E-state index in [-0.39, 0.29) is 17.7 Å². The van der Waals surface area contributed by atoms with E-state index < -0.39 is 0 Å². The van der Waals surface area contributed by atoms with Crippen LogP contribution in [-0.2, 0) is 11.2 Å². The first-order chi connectivity index (χ1) is 12.7. The zero-order valence-corrected chi connectivity index (χ0v) is 14.8. The van der Waals surface area contributed by atoms with Gasteiger partial charge >= 0.3 is 0 Å². The van der Waals surface area contributed by atoms with Crippen LogP contribution in [-0.4, -0.2) is 16.8 Å². The van der Waals surface area contributed by atoms with E-state index in [4.69, 9.17) is 0 Å². The Morgan fingerprint density at radius 3 is 2.38 bits per heavy atom. The highest BCUT2D eigenvalue weighted by Crippen LogP contribution is 2.39. The smallest absolute Gasteiger partial charge is 0.257 e. The van der Waals surface area contributed by atoms with Gasteiger partial charge in [0.25, 0.3) is 5.91 Å². The van der Waals surface area contributed by atoms with Crippen molar-refractivity contribution in [2.75, 3.05) is 10.6 Å². The summed E-state index contributed by atoms with van der Waals surface area (Å²) < 4.78 is 0. The predicted octanol–water partition coefficient (Wildman–Crippen LogP) is 4.06. The lowest BCUT2D eigenvalue weighted by atomic mass is 10.1. The number of carbonyl (C=O) groups excluding carboxylic acids is 2. The lowest BCUT2D eigenvalue weighted by Crippen LogP contribution is -2.20. The zero-order chi connectivity index (χ0) is 17.9. The third-order valence-electron chi connectivity index (χ3n) is 4.33. The highest BCUT2D eigenvalue weighted by atomic mass is 32.1. The first-order valence-electron chi connectivity index (χ1n) is 8.42. The maximum atomic E-state index is 12.6. The summed E-state index contributed by atoms with van der Waals surface area (Å²) in [5.74, 6) is -0.520. The molecule has 0 saturated carbocycles. The number of aromatic nitrogens is 1. The van der Waals surface area contributed by atoms with E-state index in [2.05, 4.69) is 15.6 Å². The van der Waals surface area contributed by atoms with Gasteiger partial charge in [0.1, 0.15) is 0 Å². The Morgan fingerprint density at radius 2 is 1.65 bits per heavy atom. The molecule has 1 unspecified atom stereocenters. The summed E-state index contributed by atoms with van der Waals surface area (Å²) in [6.07, 6.45) is 1.56. The van der Waals surface area contributed by atoms with E-state index in [1.165, 1.54) is 11.3 Å². The van der Waals surface area contributed by atoms with Crippen molar-refractivity contribution in [2.45, 2.75) is 18.8 Å². The summed E-state index contributed by atoms with van der Waals surface area (Å²) in [6.45, 7) is 0. The van der Waals surface area contributed by atoms with E-state index in [9.17, 15) is 9.59 Å². The molecule has 1 atom stereocenters. The monoisotopic (exact) mass is 363 g/mol. The second-order valence-corrected chi connectivity index (χ2v) is 7.18. The summed E-state index contributed by atoms with van der Waals surface area (Å²) in [4.78, 5) is 30.5. The van der Waals surface area contributed by atoms with E-state index in [1.807, 2.05) is 48.5 Å². The van der Waals surface area contributed by atoms with Crippen LogP contribution in [0.3, 0.4) is 0 Å². The Balaban J connectivity index is 1.47. The van der Waals surface area contributed by atoms with Gasteiger partial charge in [0.05, 0.1) is 11.6 Å². The van der Waals surface area contributed by atoms with E-state index in [0.717, 1.165) is 29.1 Å². The Morgan fingerprint density at radius 1 is 0.962 bits per heavy atom.